The topological polar surface area (TPSA) is 55.6 Å². The number of hydrogen-bond donors (Lipinski definition) is 1. The van der Waals surface area contributed by atoms with Crippen LogP contribution in [0.4, 0.5) is 0 Å². The third-order valence-corrected chi connectivity index (χ3v) is 2.02. The second-order valence-electron chi connectivity index (χ2n) is 3.34. The molecule has 0 aromatic carbocycles. The molecule has 0 amide bonds. The maximum absolute atomic E-state index is 4.07. The van der Waals surface area contributed by atoms with Gasteiger partial charge in [0, 0.05) is 0 Å². The highest BCUT2D eigenvalue weighted by Crippen LogP contribution is 1.97. The first kappa shape index (κ1) is 10.1. The van der Waals surface area contributed by atoms with Crippen LogP contribution in [0.25, 0.3) is 0 Å². The summed E-state index contributed by atoms with van der Waals surface area (Å²) in [7, 11) is 1.77. The molecule has 1 N–H and O–H groups in total. The fourth-order valence-electron chi connectivity index (χ4n) is 0.969. The minimum absolute atomic E-state index is 0.705. The first-order valence-electron chi connectivity index (χ1n) is 4.66. The lowest BCUT2D eigenvalue weighted by molar-refractivity contribution is 0.493. The van der Waals surface area contributed by atoms with Crippen LogP contribution in [-0.4, -0.2) is 26.8 Å². The molecule has 0 aliphatic carbocycles. The molecule has 5 nitrogen and oxygen atoms in total. The lowest BCUT2D eigenvalue weighted by Gasteiger charge is -2.07. The van der Waals surface area contributed by atoms with E-state index in [2.05, 4.69) is 34.6 Å². The zero-order valence-corrected chi connectivity index (χ0v) is 8.49. The van der Waals surface area contributed by atoms with E-state index < -0.39 is 0 Å². The highest BCUT2D eigenvalue weighted by atomic mass is 15.6. The zero-order valence-electron chi connectivity index (χ0n) is 8.49. The van der Waals surface area contributed by atoms with Crippen LogP contribution in [0.15, 0.2) is 0 Å². The summed E-state index contributed by atoms with van der Waals surface area (Å²) in [5.41, 5.74) is 0. The molecule has 1 atom stereocenters. The van der Waals surface area contributed by atoms with Gasteiger partial charge in [-0.05, 0) is 17.7 Å². The average Bonchev–Trinajstić information content (AvgIpc) is 2.51. The largest absolute Gasteiger partial charge is 0.309 e. The maximum atomic E-state index is 4.07. The minimum Gasteiger partial charge on any atom is -0.309 e. The molecule has 0 fully saturated rings. The standard InChI is InChI=1S/C8H17N5/c1-4-7(2)5-9-6-8-10-12-13(3)11-8/h7,9H,4-6H2,1-3H3. The lowest BCUT2D eigenvalue weighted by Crippen LogP contribution is -2.21. The SMILES string of the molecule is CCC(C)CNCc1nnn(C)n1. The molecule has 0 saturated carbocycles. The summed E-state index contributed by atoms with van der Waals surface area (Å²) in [6, 6.07) is 0. The van der Waals surface area contributed by atoms with E-state index in [4.69, 9.17) is 0 Å². The van der Waals surface area contributed by atoms with Crippen molar-refractivity contribution in [1.29, 1.82) is 0 Å². The van der Waals surface area contributed by atoms with E-state index in [0.29, 0.717) is 12.5 Å². The number of rotatable bonds is 5. The summed E-state index contributed by atoms with van der Waals surface area (Å²) in [6.45, 7) is 6.12. The van der Waals surface area contributed by atoms with Gasteiger partial charge in [0.1, 0.15) is 0 Å². The smallest absolute Gasteiger partial charge is 0.188 e. The van der Waals surface area contributed by atoms with Gasteiger partial charge < -0.3 is 5.32 Å². The molecule has 0 spiro atoms. The van der Waals surface area contributed by atoms with Crippen molar-refractivity contribution in [2.24, 2.45) is 13.0 Å². The van der Waals surface area contributed by atoms with E-state index in [1.165, 1.54) is 11.2 Å². The molecule has 1 aromatic heterocycles. The number of hydrogen-bond acceptors (Lipinski definition) is 4. The highest BCUT2D eigenvalue weighted by Gasteiger charge is 2.01. The van der Waals surface area contributed by atoms with Crippen LogP contribution in [0.2, 0.25) is 0 Å². The Kier molecular flexibility index (Phi) is 3.82. The Hall–Kier alpha value is -0.970. The summed E-state index contributed by atoms with van der Waals surface area (Å²) in [6.07, 6.45) is 1.20. The fourth-order valence-corrected chi connectivity index (χ4v) is 0.969. The fraction of sp³-hybridized carbons (Fsp3) is 0.875. The van der Waals surface area contributed by atoms with Crippen molar-refractivity contribution in [2.75, 3.05) is 6.54 Å². The summed E-state index contributed by atoms with van der Waals surface area (Å²) in [5, 5.41) is 15.0. The van der Waals surface area contributed by atoms with Crippen LogP contribution < -0.4 is 5.32 Å². The van der Waals surface area contributed by atoms with Gasteiger partial charge in [0.25, 0.3) is 0 Å². The molecule has 0 aliphatic heterocycles. The molecule has 13 heavy (non-hydrogen) atoms. The predicted molar refractivity (Wildman–Crippen MR) is 50.0 cm³/mol. The maximum Gasteiger partial charge on any atom is 0.188 e. The van der Waals surface area contributed by atoms with Gasteiger partial charge in [-0.3, -0.25) is 0 Å². The second kappa shape index (κ2) is 4.91. The Morgan fingerprint density at radius 3 is 2.85 bits per heavy atom. The van der Waals surface area contributed by atoms with Crippen molar-refractivity contribution < 1.29 is 0 Å². The summed E-state index contributed by atoms with van der Waals surface area (Å²) < 4.78 is 0. The number of nitrogens with one attached hydrogen (secondary N) is 1. The molecule has 1 aromatic rings. The molecule has 1 unspecified atom stereocenters. The first-order valence-corrected chi connectivity index (χ1v) is 4.66. The van der Waals surface area contributed by atoms with E-state index >= 15 is 0 Å². The molecular weight excluding hydrogens is 166 g/mol. The first-order chi connectivity index (χ1) is 6.22. The van der Waals surface area contributed by atoms with E-state index in [9.17, 15) is 0 Å². The third-order valence-electron chi connectivity index (χ3n) is 2.02. The molecule has 1 heterocycles. The number of aromatic nitrogens is 4. The minimum atomic E-state index is 0.705. The quantitative estimate of drug-likeness (QED) is 0.715. The summed E-state index contributed by atoms with van der Waals surface area (Å²) in [5.74, 6) is 1.46. The van der Waals surface area contributed by atoms with Crippen LogP contribution in [0, 0.1) is 5.92 Å². The van der Waals surface area contributed by atoms with Gasteiger partial charge in [0.15, 0.2) is 5.82 Å². The van der Waals surface area contributed by atoms with Gasteiger partial charge in [-0.1, -0.05) is 20.3 Å². The molecule has 0 bridgehead atoms. The Morgan fingerprint density at radius 2 is 2.31 bits per heavy atom. The normalized spacial score (nSPS) is 13.2. The van der Waals surface area contributed by atoms with Crippen LogP contribution in [0.5, 0.6) is 0 Å². The zero-order chi connectivity index (χ0) is 9.68. The van der Waals surface area contributed by atoms with Gasteiger partial charge in [-0.2, -0.15) is 4.80 Å². The van der Waals surface area contributed by atoms with Crippen molar-refractivity contribution in [3.63, 3.8) is 0 Å². The van der Waals surface area contributed by atoms with E-state index in [1.54, 1.807) is 7.05 Å². The molecule has 74 valence electrons. The van der Waals surface area contributed by atoms with Crippen molar-refractivity contribution in [1.82, 2.24) is 25.5 Å². The Labute approximate surface area is 78.5 Å². The van der Waals surface area contributed by atoms with E-state index in [0.717, 1.165) is 12.4 Å². The number of aryl methyl sites for hydroxylation is 1. The Bertz CT molecular complexity index is 244. The molecule has 0 saturated heterocycles. The number of tetrazole rings is 1. The van der Waals surface area contributed by atoms with Crippen LogP contribution in [-0.2, 0) is 13.6 Å². The Balaban J connectivity index is 2.20. The molecular formula is C8H17N5. The van der Waals surface area contributed by atoms with Gasteiger partial charge in [-0.15, -0.1) is 10.2 Å². The Morgan fingerprint density at radius 1 is 1.54 bits per heavy atom. The summed E-state index contributed by atoms with van der Waals surface area (Å²) >= 11 is 0. The lowest BCUT2D eigenvalue weighted by atomic mass is 10.1. The van der Waals surface area contributed by atoms with Crippen molar-refractivity contribution in [2.45, 2.75) is 26.8 Å². The van der Waals surface area contributed by atoms with E-state index in [1.807, 2.05) is 0 Å². The van der Waals surface area contributed by atoms with Gasteiger partial charge in [0.05, 0.1) is 13.6 Å². The second-order valence-corrected chi connectivity index (χ2v) is 3.34. The van der Waals surface area contributed by atoms with E-state index in [-0.39, 0.29) is 0 Å². The van der Waals surface area contributed by atoms with Crippen molar-refractivity contribution in [3.8, 4) is 0 Å². The predicted octanol–water partition coefficient (Wildman–Crippen LogP) is 0.346. The van der Waals surface area contributed by atoms with Crippen molar-refractivity contribution >= 4 is 0 Å². The average molecular weight is 183 g/mol. The number of nitrogens with zero attached hydrogens (tertiary/aromatic N) is 4. The van der Waals surface area contributed by atoms with Gasteiger partial charge >= 0.3 is 0 Å². The highest BCUT2D eigenvalue weighted by molar-refractivity contribution is 4.75. The summed E-state index contributed by atoms with van der Waals surface area (Å²) in [4.78, 5) is 1.47. The van der Waals surface area contributed by atoms with Crippen LogP contribution in [0.1, 0.15) is 26.1 Å². The third kappa shape index (κ3) is 3.50. The molecule has 5 heteroatoms. The van der Waals surface area contributed by atoms with Gasteiger partial charge in [0.2, 0.25) is 0 Å². The van der Waals surface area contributed by atoms with Crippen LogP contribution >= 0.6 is 0 Å². The van der Waals surface area contributed by atoms with Crippen LogP contribution in [0.3, 0.4) is 0 Å². The van der Waals surface area contributed by atoms with Crippen molar-refractivity contribution in [3.05, 3.63) is 5.82 Å². The monoisotopic (exact) mass is 183 g/mol. The molecule has 1 rings (SSSR count). The molecule has 0 radical (unpaired) electrons. The molecule has 0 aliphatic rings. The van der Waals surface area contributed by atoms with Gasteiger partial charge in [-0.25, -0.2) is 0 Å².